The zero-order valence-electron chi connectivity index (χ0n) is 10.1. The van der Waals surface area contributed by atoms with E-state index in [0.717, 1.165) is 18.8 Å². The lowest BCUT2D eigenvalue weighted by Crippen LogP contribution is -2.29. The van der Waals surface area contributed by atoms with Gasteiger partial charge in [-0.2, -0.15) is 0 Å². The third-order valence-electron chi connectivity index (χ3n) is 3.09. The van der Waals surface area contributed by atoms with E-state index in [4.69, 9.17) is 0 Å². The largest absolute Gasteiger partial charge is 0.311 e. The molecule has 1 aromatic heterocycles. The number of rotatable bonds is 5. The van der Waals surface area contributed by atoms with E-state index in [1.54, 1.807) is 0 Å². The van der Waals surface area contributed by atoms with Gasteiger partial charge in [-0.05, 0) is 50.6 Å². The molecule has 0 atom stereocenters. The van der Waals surface area contributed by atoms with Gasteiger partial charge in [-0.15, -0.1) is 0 Å². The number of aromatic nitrogens is 1. The summed E-state index contributed by atoms with van der Waals surface area (Å²) >= 11 is 0. The van der Waals surface area contributed by atoms with Crippen LogP contribution in [0.25, 0.3) is 0 Å². The Kier molecular flexibility index (Phi) is 4.31. The summed E-state index contributed by atoms with van der Waals surface area (Å²) in [5.41, 5.74) is 2.42. The molecule has 2 rings (SSSR count). The molecule has 0 aliphatic carbocycles. The second kappa shape index (κ2) is 5.97. The van der Waals surface area contributed by atoms with Crippen molar-refractivity contribution in [2.24, 2.45) is 0 Å². The highest BCUT2D eigenvalue weighted by Gasteiger charge is 2.09. The molecule has 0 spiro atoms. The molecule has 0 saturated carbocycles. The molecule has 0 unspecified atom stereocenters. The maximum absolute atomic E-state index is 4.20. The van der Waals surface area contributed by atoms with E-state index in [0.29, 0.717) is 0 Å². The highest BCUT2D eigenvalue weighted by molar-refractivity contribution is 5.14. The summed E-state index contributed by atoms with van der Waals surface area (Å²) in [5, 5.41) is 3.49. The van der Waals surface area contributed by atoms with Gasteiger partial charge >= 0.3 is 0 Å². The second-order valence-corrected chi connectivity index (χ2v) is 4.53. The first-order valence-corrected chi connectivity index (χ1v) is 6.19. The fourth-order valence-electron chi connectivity index (χ4n) is 2.19. The van der Waals surface area contributed by atoms with Crippen molar-refractivity contribution >= 4 is 0 Å². The summed E-state index contributed by atoms with van der Waals surface area (Å²) < 4.78 is 0. The quantitative estimate of drug-likeness (QED) is 0.762. The van der Waals surface area contributed by atoms with Gasteiger partial charge in [0, 0.05) is 31.5 Å². The average molecular weight is 219 g/mol. The van der Waals surface area contributed by atoms with Crippen molar-refractivity contribution < 1.29 is 0 Å². The lowest BCUT2D eigenvalue weighted by molar-refractivity contribution is 0.335. The topological polar surface area (TPSA) is 28.2 Å². The molecule has 3 nitrogen and oxygen atoms in total. The molecule has 88 valence electrons. The molecular weight excluding hydrogens is 198 g/mol. The summed E-state index contributed by atoms with van der Waals surface area (Å²) in [6, 6.07) is 4.22. The van der Waals surface area contributed by atoms with Crippen LogP contribution in [0.2, 0.25) is 0 Å². The van der Waals surface area contributed by atoms with E-state index >= 15 is 0 Å². The van der Waals surface area contributed by atoms with Crippen molar-refractivity contribution in [2.75, 3.05) is 26.2 Å². The Morgan fingerprint density at radius 3 is 2.94 bits per heavy atom. The summed E-state index contributed by atoms with van der Waals surface area (Å²) in [6.45, 7) is 7.84. The Balaban J connectivity index is 1.64. The fourth-order valence-corrected chi connectivity index (χ4v) is 2.19. The van der Waals surface area contributed by atoms with Gasteiger partial charge in [0.2, 0.25) is 0 Å². The average Bonchev–Trinajstić information content (AvgIpc) is 2.77. The van der Waals surface area contributed by atoms with Crippen molar-refractivity contribution in [1.82, 2.24) is 15.2 Å². The number of pyridine rings is 1. The highest BCUT2D eigenvalue weighted by atomic mass is 15.1. The van der Waals surface area contributed by atoms with E-state index in [2.05, 4.69) is 27.3 Å². The Morgan fingerprint density at radius 2 is 2.19 bits per heavy atom. The molecule has 16 heavy (non-hydrogen) atoms. The van der Waals surface area contributed by atoms with Crippen LogP contribution in [-0.4, -0.2) is 36.1 Å². The van der Waals surface area contributed by atoms with Crippen LogP contribution in [0.5, 0.6) is 0 Å². The molecule has 0 radical (unpaired) electrons. The minimum absolute atomic E-state index is 0.956. The third kappa shape index (κ3) is 3.58. The van der Waals surface area contributed by atoms with Crippen molar-refractivity contribution in [2.45, 2.75) is 26.3 Å². The molecular formula is C13H21N3. The maximum Gasteiger partial charge on any atom is 0.0375 e. The summed E-state index contributed by atoms with van der Waals surface area (Å²) in [5.74, 6) is 0. The van der Waals surface area contributed by atoms with Gasteiger partial charge in [-0.1, -0.05) is 0 Å². The number of nitrogens with one attached hydrogen (secondary N) is 1. The molecule has 1 aliphatic rings. The Hall–Kier alpha value is -0.930. The monoisotopic (exact) mass is 219 g/mol. The minimum Gasteiger partial charge on any atom is -0.311 e. The molecule has 1 saturated heterocycles. The van der Waals surface area contributed by atoms with Crippen molar-refractivity contribution in [3.63, 3.8) is 0 Å². The smallest absolute Gasteiger partial charge is 0.0375 e. The lowest BCUT2D eigenvalue weighted by atomic mass is 10.2. The second-order valence-electron chi connectivity index (χ2n) is 4.53. The molecule has 2 heterocycles. The number of nitrogens with zero attached hydrogens (tertiary/aromatic N) is 2. The van der Waals surface area contributed by atoms with Crippen LogP contribution < -0.4 is 5.32 Å². The van der Waals surface area contributed by atoms with Crippen LogP contribution in [0.4, 0.5) is 0 Å². The number of hydrogen-bond donors (Lipinski definition) is 1. The number of hydrogen-bond acceptors (Lipinski definition) is 3. The van der Waals surface area contributed by atoms with Crippen LogP contribution in [0.15, 0.2) is 18.3 Å². The molecule has 1 N–H and O–H groups in total. The molecule has 3 heteroatoms. The predicted molar refractivity (Wildman–Crippen MR) is 66.4 cm³/mol. The molecule has 0 amide bonds. The fraction of sp³-hybridized carbons (Fsp3) is 0.615. The van der Waals surface area contributed by atoms with Crippen LogP contribution in [0.1, 0.15) is 24.1 Å². The van der Waals surface area contributed by atoms with Gasteiger partial charge < -0.3 is 10.2 Å². The SMILES string of the molecule is Cc1cc(CNCCN2CCCC2)ccn1. The summed E-state index contributed by atoms with van der Waals surface area (Å²) in [6.07, 6.45) is 4.64. The van der Waals surface area contributed by atoms with E-state index in [9.17, 15) is 0 Å². The van der Waals surface area contributed by atoms with E-state index in [1.807, 2.05) is 13.1 Å². The minimum atomic E-state index is 0.956. The van der Waals surface area contributed by atoms with Crippen LogP contribution in [-0.2, 0) is 6.54 Å². The van der Waals surface area contributed by atoms with Crippen LogP contribution in [0.3, 0.4) is 0 Å². The molecule has 1 fully saturated rings. The van der Waals surface area contributed by atoms with Gasteiger partial charge in [0.15, 0.2) is 0 Å². The number of aryl methyl sites for hydroxylation is 1. The normalized spacial score (nSPS) is 16.8. The first-order valence-electron chi connectivity index (χ1n) is 6.19. The summed E-state index contributed by atoms with van der Waals surface area (Å²) in [4.78, 5) is 6.73. The predicted octanol–water partition coefficient (Wildman–Crippen LogP) is 1.58. The lowest BCUT2D eigenvalue weighted by Gasteiger charge is -2.14. The molecule has 1 aromatic rings. The highest BCUT2D eigenvalue weighted by Crippen LogP contribution is 2.05. The van der Waals surface area contributed by atoms with Gasteiger partial charge in [0.05, 0.1) is 0 Å². The third-order valence-corrected chi connectivity index (χ3v) is 3.09. The first-order chi connectivity index (χ1) is 7.84. The Labute approximate surface area is 97.9 Å². The Morgan fingerprint density at radius 1 is 1.38 bits per heavy atom. The van der Waals surface area contributed by atoms with Crippen LogP contribution >= 0.6 is 0 Å². The van der Waals surface area contributed by atoms with Crippen molar-refractivity contribution in [3.05, 3.63) is 29.6 Å². The number of likely N-dealkylation sites (tertiary alicyclic amines) is 1. The summed E-state index contributed by atoms with van der Waals surface area (Å²) in [7, 11) is 0. The molecule has 1 aliphatic heterocycles. The van der Waals surface area contributed by atoms with E-state index in [1.165, 1.54) is 38.0 Å². The van der Waals surface area contributed by atoms with Gasteiger partial charge in [0.1, 0.15) is 0 Å². The zero-order valence-corrected chi connectivity index (χ0v) is 10.1. The first kappa shape index (κ1) is 11.6. The van der Waals surface area contributed by atoms with Gasteiger partial charge in [-0.25, -0.2) is 0 Å². The van der Waals surface area contributed by atoms with E-state index < -0.39 is 0 Å². The van der Waals surface area contributed by atoms with Crippen molar-refractivity contribution in [1.29, 1.82) is 0 Å². The Bertz CT molecular complexity index is 319. The van der Waals surface area contributed by atoms with Crippen LogP contribution in [0, 0.1) is 6.92 Å². The van der Waals surface area contributed by atoms with Gasteiger partial charge in [-0.3, -0.25) is 4.98 Å². The van der Waals surface area contributed by atoms with Gasteiger partial charge in [0.25, 0.3) is 0 Å². The standard InChI is InChI=1S/C13H21N3/c1-12-10-13(4-5-15-12)11-14-6-9-16-7-2-3-8-16/h4-5,10,14H,2-3,6-9,11H2,1H3. The van der Waals surface area contributed by atoms with Crippen molar-refractivity contribution in [3.8, 4) is 0 Å². The zero-order chi connectivity index (χ0) is 11.2. The molecule has 0 bridgehead atoms. The maximum atomic E-state index is 4.20. The van der Waals surface area contributed by atoms with E-state index in [-0.39, 0.29) is 0 Å². The molecule has 0 aromatic carbocycles.